The molecule has 0 nitrogen and oxygen atoms in total. The molecule has 0 aliphatic heterocycles. The topological polar surface area (TPSA) is 0 Å². The molecule has 0 saturated heterocycles. The van der Waals surface area contributed by atoms with E-state index in [4.69, 9.17) is 0 Å². The van der Waals surface area contributed by atoms with Crippen molar-refractivity contribution in [3.63, 3.8) is 0 Å². The van der Waals surface area contributed by atoms with Gasteiger partial charge in [0.25, 0.3) is 0 Å². The summed E-state index contributed by atoms with van der Waals surface area (Å²) in [5, 5.41) is 5.32. The van der Waals surface area contributed by atoms with Crippen LogP contribution in [0.1, 0.15) is 31.7 Å². The normalized spacial score (nSPS) is 11.2. The fourth-order valence-corrected chi connectivity index (χ4v) is 3.59. The summed E-state index contributed by atoms with van der Waals surface area (Å²) >= 11 is 0. The SMILES string of the molecule is CCCCCc1ccc2cc3cc(-c4ccccc4)ccc3cc2c1. The zero-order valence-electron chi connectivity index (χ0n) is 14.8. The van der Waals surface area contributed by atoms with Gasteiger partial charge in [-0.25, -0.2) is 0 Å². The second-order valence-electron chi connectivity index (χ2n) is 6.92. The Morgan fingerprint density at radius 1 is 0.560 bits per heavy atom. The maximum Gasteiger partial charge on any atom is -0.0171 e. The largest absolute Gasteiger partial charge is 0.0654 e. The first kappa shape index (κ1) is 15.9. The molecular weight excluding hydrogens is 300 g/mol. The Morgan fingerprint density at radius 3 is 2.04 bits per heavy atom. The molecule has 0 aromatic heterocycles. The van der Waals surface area contributed by atoms with Crippen molar-refractivity contribution in [1.29, 1.82) is 0 Å². The molecule has 4 rings (SSSR count). The van der Waals surface area contributed by atoms with Crippen molar-refractivity contribution in [2.24, 2.45) is 0 Å². The Balaban J connectivity index is 1.72. The van der Waals surface area contributed by atoms with Crippen LogP contribution in [0, 0.1) is 0 Å². The van der Waals surface area contributed by atoms with E-state index < -0.39 is 0 Å². The molecule has 0 atom stereocenters. The van der Waals surface area contributed by atoms with Gasteiger partial charge >= 0.3 is 0 Å². The molecule has 4 aromatic rings. The molecule has 0 unspecified atom stereocenters. The first-order valence-electron chi connectivity index (χ1n) is 9.35. The molecule has 0 bridgehead atoms. The third-order valence-electron chi connectivity index (χ3n) is 5.04. The average molecular weight is 324 g/mol. The van der Waals surface area contributed by atoms with Gasteiger partial charge in [0, 0.05) is 0 Å². The predicted molar refractivity (Wildman–Crippen MR) is 110 cm³/mol. The van der Waals surface area contributed by atoms with E-state index >= 15 is 0 Å². The van der Waals surface area contributed by atoms with E-state index in [0.717, 1.165) is 0 Å². The fourth-order valence-electron chi connectivity index (χ4n) is 3.59. The quantitative estimate of drug-likeness (QED) is 0.265. The molecule has 0 saturated carbocycles. The van der Waals surface area contributed by atoms with E-state index in [1.165, 1.54) is 63.9 Å². The maximum atomic E-state index is 2.37. The Labute approximate surface area is 150 Å². The number of hydrogen-bond donors (Lipinski definition) is 0. The highest BCUT2D eigenvalue weighted by atomic mass is 14.1. The summed E-state index contributed by atoms with van der Waals surface area (Å²) in [5.74, 6) is 0. The predicted octanol–water partition coefficient (Wildman–Crippen LogP) is 7.39. The van der Waals surface area contributed by atoms with Gasteiger partial charge < -0.3 is 0 Å². The molecule has 0 fully saturated rings. The molecular formula is C25H24. The highest BCUT2D eigenvalue weighted by molar-refractivity contribution is 5.99. The number of hydrogen-bond acceptors (Lipinski definition) is 0. The molecule has 0 N–H and O–H groups in total. The van der Waals surface area contributed by atoms with Crippen LogP contribution in [-0.4, -0.2) is 0 Å². The van der Waals surface area contributed by atoms with Gasteiger partial charge in [0.2, 0.25) is 0 Å². The van der Waals surface area contributed by atoms with Crippen LogP contribution in [0.5, 0.6) is 0 Å². The molecule has 0 radical (unpaired) electrons. The monoisotopic (exact) mass is 324 g/mol. The van der Waals surface area contributed by atoms with Crippen molar-refractivity contribution >= 4 is 21.5 Å². The number of fused-ring (bicyclic) bond motifs is 2. The second-order valence-corrected chi connectivity index (χ2v) is 6.92. The Morgan fingerprint density at radius 2 is 1.28 bits per heavy atom. The summed E-state index contributed by atoms with van der Waals surface area (Å²) in [6.45, 7) is 2.26. The highest BCUT2D eigenvalue weighted by Crippen LogP contribution is 2.28. The molecule has 4 aromatic carbocycles. The Hall–Kier alpha value is -2.60. The lowest BCUT2D eigenvalue weighted by atomic mass is 9.97. The van der Waals surface area contributed by atoms with Gasteiger partial charge in [0.15, 0.2) is 0 Å². The van der Waals surface area contributed by atoms with Crippen molar-refractivity contribution in [3.05, 3.63) is 84.4 Å². The minimum absolute atomic E-state index is 1.19. The van der Waals surface area contributed by atoms with E-state index in [0.29, 0.717) is 0 Å². The first-order chi connectivity index (χ1) is 12.3. The molecule has 0 spiro atoms. The second kappa shape index (κ2) is 7.11. The van der Waals surface area contributed by atoms with Gasteiger partial charge in [-0.1, -0.05) is 80.4 Å². The maximum absolute atomic E-state index is 2.37. The smallest absolute Gasteiger partial charge is 0.0171 e. The Kier molecular flexibility index (Phi) is 4.52. The van der Waals surface area contributed by atoms with E-state index in [1.54, 1.807) is 0 Å². The van der Waals surface area contributed by atoms with Crippen molar-refractivity contribution in [2.45, 2.75) is 32.6 Å². The van der Waals surface area contributed by atoms with Crippen molar-refractivity contribution in [1.82, 2.24) is 0 Å². The zero-order valence-corrected chi connectivity index (χ0v) is 14.8. The van der Waals surface area contributed by atoms with Crippen LogP contribution < -0.4 is 0 Å². The van der Waals surface area contributed by atoms with Crippen LogP contribution in [0.3, 0.4) is 0 Å². The number of rotatable bonds is 5. The van der Waals surface area contributed by atoms with Gasteiger partial charge in [0.05, 0.1) is 0 Å². The van der Waals surface area contributed by atoms with Crippen molar-refractivity contribution in [3.8, 4) is 11.1 Å². The molecule has 0 aliphatic carbocycles. The molecule has 25 heavy (non-hydrogen) atoms. The summed E-state index contributed by atoms with van der Waals surface area (Å²) in [6.07, 6.45) is 5.07. The van der Waals surface area contributed by atoms with Gasteiger partial charge in [-0.15, -0.1) is 0 Å². The summed E-state index contributed by atoms with van der Waals surface area (Å²) in [5.41, 5.74) is 4.01. The average Bonchev–Trinajstić information content (AvgIpc) is 2.67. The molecule has 0 aliphatic rings. The van der Waals surface area contributed by atoms with Crippen LogP contribution in [-0.2, 0) is 6.42 Å². The lowest BCUT2D eigenvalue weighted by molar-refractivity contribution is 0.718. The lowest BCUT2D eigenvalue weighted by Gasteiger charge is -2.08. The van der Waals surface area contributed by atoms with Crippen molar-refractivity contribution in [2.75, 3.05) is 0 Å². The fraction of sp³-hybridized carbons (Fsp3) is 0.200. The van der Waals surface area contributed by atoms with E-state index in [9.17, 15) is 0 Å². The number of aryl methyl sites for hydroxylation is 1. The summed E-state index contributed by atoms with van der Waals surface area (Å²) in [4.78, 5) is 0. The van der Waals surface area contributed by atoms with Crippen molar-refractivity contribution < 1.29 is 0 Å². The van der Waals surface area contributed by atoms with Crippen LogP contribution in [0.15, 0.2) is 78.9 Å². The van der Waals surface area contributed by atoms with E-state index in [-0.39, 0.29) is 0 Å². The first-order valence-corrected chi connectivity index (χ1v) is 9.35. The number of benzene rings is 4. The third kappa shape index (κ3) is 3.44. The lowest BCUT2D eigenvalue weighted by Crippen LogP contribution is -1.86. The van der Waals surface area contributed by atoms with Gasteiger partial charge in [-0.05, 0) is 69.3 Å². The van der Waals surface area contributed by atoms with Gasteiger partial charge in [0.1, 0.15) is 0 Å². The molecule has 0 amide bonds. The molecule has 0 heterocycles. The summed E-state index contributed by atoms with van der Waals surface area (Å²) < 4.78 is 0. The van der Waals surface area contributed by atoms with Gasteiger partial charge in [-0.3, -0.25) is 0 Å². The standard InChI is InChI=1S/C25H24/c1-2-3-5-8-19-11-12-22-18-25-16-21(20-9-6-4-7-10-20)13-14-23(25)17-24(22)15-19/h4,6-7,9-18H,2-3,5,8H2,1H3. The van der Waals surface area contributed by atoms with Gasteiger partial charge in [-0.2, -0.15) is 0 Å². The third-order valence-corrected chi connectivity index (χ3v) is 5.04. The highest BCUT2D eigenvalue weighted by Gasteiger charge is 2.03. The minimum Gasteiger partial charge on any atom is -0.0654 e. The Bertz CT molecular complexity index is 996. The minimum atomic E-state index is 1.19. The van der Waals surface area contributed by atoms with E-state index in [1.807, 2.05) is 0 Å². The summed E-state index contributed by atoms with van der Waals surface area (Å²) in [7, 11) is 0. The zero-order chi connectivity index (χ0) is 17.1. The van der Waals surface area contributed by atoms with Crippen LogP contribution in [0.4, 0.5) is 0 Å². The van der Waals surface area contributed by atoms with Crippen LogP contribution in [0.2, 0.25) is 0 Å². The van der Waals surface area contributed by atoms with E-state index in [2.05, 4.69) is 85.8 Å². The number of unbranched alkanes of at least 4 members (excludes halogenated alkanes) is 2. The van der Waals surface area contributed by atoms with Crippen LogP contribution >= 0.6 is 0 Å². The molecule has 0 heteroatoms. The van der Waals surface area contributed by atoms with Crippen LogP contribution in [0.25, 0.3) is 32.7 Å². The molecule has 124 valence electrons. The summed E-state index contributed by atoms with van der Waals surface area (Å²) in [6, 6.07) is 29.0.